The van der Waals surface area contributed by atoms with E-state index in [0.717, 1.165) is 25.0 Å². The minimum Gasteiger partial charge on any atom is -0.480 e. The lowest BCUT2D eigenvalue weighted by atomic mass is 9.86. The molecule has 3 N–H and O–H groups in total. The highest BCUT2D eigenvalue weighted by atomic mass is 32.2. The fourth-order valence-electron chi connectivity index (χ4n) is 2.39. The molecular weight excluding hydrogens is 264 g/mol. The first-order chi connectivity index (χ1) is 9.04. The van der Waals surface area contributed by atoms with Crippen molar-refractivity contribution in [2.75, 3.05) is 12.0 Å². The number of rotatable bonds is 6. The van der Waals surface area contributed by atoms with E-state index < -0.39 is 12.0 Å². The van der Waals surface area contributed by atoms with Crippen molar-refractivity contribution in [2.45, 2.75) is 51.1 Å². The van der Waals surface area contributed by atoms with Crippen LogP contribution in [0.25, 0.3) is 0 Å². The van der Waals surface area contributed by atoms with E-state index in [4.69, 9.17) is 5.11 Å². The molecule has 0 aromatic rings. The molecule has 1 aliphatic rings. The zero-order chi connectivity index (χ0) is 14.3. The monoisotopic (exact) mass is 288 g/mol. The number of thioether (sulfide) groups is 1. The van der Waals surface area contributed by atoms with Crippen LogP contribution in [0.4, 0.5) is 4.79 Å². The molecule has 5 nitrogen and oxygen atoms in total. The van der Waals surface area contributed by atoms with Gasteiger partial charge in [0, 0.05) is 6.04 Å². The van der Waals surface area contributed by atoms with E-state index in [-0.39, 0.29) is 12.1 Å². The van der Waals surface area contributed by atoms with Crippen molar-refractivity contribution < 1.29 is 14.7 Å². The largest absolute Gasteiger partial charge is 0.480 e. The van der Waals surface area contributed by atoms with Gasteiger partial charge in [0.15, 0.2) is 0 Å². The molecule has 3 atom stereocenters. The number of urea groups is 1. The van der Waals surface area contributed by atoms with E-state index >= 15 is 0 Å². The maximum atomic E-state index is 11.8. The average Bonchev–Trinajstić information content (AvgIpc) is 2.37. The van der Waals surface area contributed by atoms with Crippen molar-refractivity contribution in [3.63, 3.8) is 0 Å². The van der Waals surface area contributed by atoms with E-state index in [1.54, 1.807) is 11.8 Å². The molecule has 0 bridgehead atoms. The zero-order valence-electron chi connectivity index (χ0n) is 11.6. The normalized spacial score (nSPS) is 24.5. The van der Waals surface area contributed by atoms with Crippen LogP contribution in [0.3, 0.4) is 0 Å². The Morgan fingerprint density at radius 2 is 2.05 bits per heavy atom. The summed E-state index contributed by atoms with van der Waals surface area (Å²) in [6, 6.07) is -0.984. The van der Waals surface area contributed by atoms with Gasteiger partial charge in [-0.25, -0.2) is 9.59 Å². The summed E-state index contributed by atoms with van der Waals surface area (Å²) >= 11 is 1.58. The molecule has 0 radical (unpaired) electrons. The van der Waals surface area contributed by atoms with Gasteiger partial charge in [0.2, 0.25) is 0 Å². The van der Waals surface area contributed by atoms with Gasteiger partial charge in [0.05, 0.1) is 0 Å². The van der Waals surface area contributed by atoms with Crippen molar-refractivity contribution in [3.05, 3.63) is 0 Å². The summed E-state index contributed by atoms with van der Waals surface area (Å²) in [6.45, 7) is 2.13. The Labute approximate surface area is 118 Å². The lowest BCUT2D eigenvalue weighted by Crippen LogP contribution is -2.51. The molecule has 0 aliphatic heterocycles. The fraction of sp³-hybridized carbons (Fsp3) is 0.846. The van der Waals surface area contributed by atoms with Crippen LogP contribution < -0.4 is 10.6 Å². The van der Waals surface area contributed by atoms with E-state index in [1.807, 2.05) is 6.26 Å². The van der Waals surface area contributed by atoms with Gasteiger partial charge in [0.1, 0.15) is 6.04 Å². The summed E-state index contributed by atoms with van der Waals surface area (Å²) in [7, 11) is 0. The van der Waals surface area contributed by atoms with Crippen LogP contribution in [-0.2, 0) is 4.79 Å². The smallest absolute Gasteiger partial charge is 0.326 e. The third-order valence-electron chi connectivity index (χ3n) is 3.64. The van der Waals surface area contributed by atoms with Gasteiger partial charge in [-0.2, -0.15) is 11.8 Å². The van der Waals surface area contributed by atoms with Crippen molar-refractivity contribution in [3.8, 4) is 0 Å². The number of aliphatic carboxylic acids is 1. The summed E-state index contributed by atoms with van der Waals surface area (Å²) in [6.07, 6.45) is 6.82. The van der Waals surface area contributed by atoms with E-state index in [2.05, 4.69) is 17.6 Å². The second-order valence-corrected chi connectivity index (χ2v) is 6.14. The highest BCUT2D eigenvalue weighted by molar-refractivity contribution is 7.98. The van der Waals surface area contributed by atoms with Gasteiger partial charge in [0.25, 0.3) is 0 Å². The maximum Gasteiger partial charge on any atom is 0.326 e. The highest BCUT2D eigenvalue weighted by Gasteiger charge is 2.25. The maximum absolute atomic E-state index is 11.8. The summed E-state index contributed by atoms with van der Waals surface area (Å²) < 4.78 is 0. The Morgan fingerprint density at radius 1 is 1.37 bits per heavy atom. The summed E-state index contributed by atoms with van der Waals surface area (Å²) in [4.78, 5) is 22.9. The molecule has 0 aromatic heterocycles. The van der Waals surface area contributed by atoms with E-state index in [9.17, 15) is 9.59 Å². The molecule has 1 saturated carbocycles. The average molecular weight is 288 g/mol. The third kappa shape index (κ3) is 5.72. The Kier molecular flexibility index (Phi) is 7.05. The van der Waals surface area contributed by atoms with Crippen LogP contribution in [0.2, 0.25) is 0 Å². The van der Waals surface area contributed by atoms with Gasteiger partial charge >= 0.3 is 12.0 Å². The molecule has 0 saturated heterocycles. The van der Waals surface area contributed by atoms with Gasteiger partial charge in [-0.15, -0.1) is 0 Å². The van der Waals surface area contributed by atoms with Gasteiger partial charge < -0.3 is 15.7 Å². The molecule has 110 valence electrons. The molecule has 2 amide bonds. The number of carbonyl (C=O) groups is 2. The molecule has 0 unspecified atom stereocenters. The Bertz CT molecular complexity index is 312. The zero-order valence-corrected chi connectivity index (χ0v) is 12.5. The minimum atomic E-state index is -0.971. The predicted molar refractivity (Wildman–Crippen MR) is 77.5 cm³/mol. The predicted octanol–water partition coefficient (Wildman–Crippen LogP) is 2.07. The van der Waals surface area contributed by atoms with E-state index in [1.165, 1.54) is 6.42 Å². The fourth-order valence-corrected chi connectivity index (χ4v) is 2.86. The summed E-state index contributed by atoms with van der Waals surface area (Å²) in [5, 5.41) is 14.5. The lowest BCUT2D eigenvalue weighted by molar-refractivity contribution is -0.139. The van der Waals surface area contributed by atoms with Crippen molar-refractivity contribution in [1.82, 2.24) is 10.6 Å². The van der Waals surface area contributed by atoms with Crippen molar-refractivity contribution in [2.24, 2.45) is 5.92 Å². The topological polar surface area (TPSA) is 78.4 Å². The van der Waals surface area contributed by atoms with Crippen LogP contribution in [0.15, 0.2) is 0 Å². The van der Waals surface area contributed by atoms with Crippen LogP contribution in [0.5, 0.6) is 0 Å². The second kappa shape index (κ2) is 8.30. The van der Waals surface area contributed by atoms with Crippen LogP contribution in [0.1, 0.15) is 39.0 Å². The molecule has 1 fully saturated rings. The van der Waals surface area contributed by atoms with Crippen molar-refractivity contribution in [1.29, 1.82) is 0 Å². The number of nitrogens with one attached hydrogen (secondary N) is 2. The number of amides is 2. The van der Waals surface area contributed by atoms with Gasteiger partial charge in [-0.05, 0) is 37.2 Å². The number of hydrogen-bond acceptors (Lipinski definition) is 3. The molecule has 0 spiro atoms. The SMILES string of the molecule is CSCC[C@@H](NC(=O)N[C@H]1CCCC[C@H]1C)C(=O)O. The third-order valence-corrected chi connectivity index (χ3v) is 4.29. The first-order valence-corrected chi connectivity index (χ1v) is 8.22. The molecule has 0 aromatic carbocycles. The summed E-state index contributed by atoms with van der Waals surface area (Å²) in [5.41, 5.74) is 0. The Balaban J connectivity index is 2.40. The lowest BCUT2D eigenvalue weighted by Gasteiger charge is -2.30. The Hall–Kier alpha value is -0.910. The number of carbonyl (C=O) groups excluding carboxylic acids is 1. The van der Waals surface area contributed by atoms with Crippen molar-refractivity contribution >= 4 is 23.8 Å². The van der Waals surface area contributed by atoms with E-state index in [0.29, 0.717) is 12.3 Å². The molecule has 1 rings (SSSR count). The minimum absolute atomic E-state index is 0.170. The molecule has 6 heteroatoms. The van der Waals surface area contributed by atoms with Crippen LogP contribution >= 0.6 is 11.8 Å². The highest BCUT2D eigenvalue weighted by Crippen LogP contribution is 2.23. The quantitative estimate of drug-likeness (QED) is 0.699. The van der Waals surface area contributed by atoms with Crippen LogP contribution in [0, 0.1) is 5.92 Å². The van der Waals surface area contributed by atoms with Gasteiger partial charge in [-0.1, -0.05) is 19.8 Å². The molecule has 0 heterocycles. The first kappa shape index (κ1) is 16.1. The standard InChI is InChI=1S/C13H24N2O3S/c1-9-5-3-4-6-10(9)14-13(18)15-11(12(16)17)7-8-19-2/h9-11H,3-8H2,1-2H3,(H,16,17)(H2,14,15,18)/t9-,10+,11-/m1/s1. The molecular formula is C13H24N2O3S. The molecule has 1 aliphatic carbocycles. The number of hydrogen-bond donors (Lipinski definition) is 3. The summed E-state index contributed by atoms with van der Waals surface area (Å²) in [5.74, 6) is 0.215. The first-order valence-electron chi connectivity index (χ1n) is 6.83. The van der Waals surface area contributed by atoms with Crippen LogP contribution in [-0.4, -0.2) is 41.2 Å². The second-order valence-electron chi connectivity index (χ2n) is 5.16. The number of carboxylic acids is 1. The van der Waals surface area contributed by atoms with Gasteiger partial charge in [-0.3, -0.25) is 0 Å². The Morgan fingerprint density at radius 3 is 2.63 bits per heavy atom. The number of carboxylic acid groups (broad SMARTS) is 1. The molecule has 19 heavy (non-hydrogen) atoms.